The van der Waals surface area contributed by atoms with Crippen molar-refractivity contribution in [3.05, 3.63) is 58.8 Å². The average Bonchev–Trinajstić information content (AvgIpc) is 2.82. The molecule has 2 aliphatic rings. The highest BCUT2D eigenvalue weighted by molar-refractivity contribution is 6.02. The average molecular weight is 437 g/mol. The lowest BCUT2D eigenvalue weighted by molar-refractivity contribution is -0.122. The third-order valence-electron chi connectivity index (χ3n) is 6.21. The Hall–Kier alpha value is -3.48. The maximum Gasteiger partial charge on any atom is 0.225 e. The van der Waals surface area contributed by atoms with Crippen molar-refractivity contribution in [2.45, 2.75) is 31.1 Å². The van der Waals surface area contributed by atoms with E-state index in [4.69, 9.17) is 18.9 Å². The molecular formula is C25H27NO6. The van der Waals surface area contributed by atoms with Crippen LogP contribution in [0.4, 0.5) is 0 Å². The molecule has 2 aromatic carbocycles. The van der Waals surface area contributed by atoms with Gasteiger partial charge in [0.05, 0.1) is 28.4 Å². The minimum atomic E-state index is -0.252. The summed E-state index contributed by atoms with van der Waals surface area (Å²) in [6.07, 6.45) is 1.16. The predicted molar refractivity (Wildman–Crippen MR) is 119 cm³/mol. The molecule has 0 fully saturated rings. The van der Waals surface area contributed by atoms with E-state index in [1.54, 1.807) is 28.4 Å². The molecule has 0 saturated carbocycles. The number of carbonyl (C=O) groups excluding carboxylic acids is 2. The van der Waals surface area contributed by atoms with E-state index < -0.39 is 0 Å². The molecule has 1 aliphatic heterocycles. The number of methoxy groups -OCH3 is 4. The number of ketones is 1. The van der Waals surface area contributed by atoms with Gasteiger partial charge in [0, 0.05) is 30.0 Å². The van der Waals surface area contributed by atoms with Crippen molar-refractivity contribution >= 4 is 11.7 Å². The Bertz CT molecular complexity index is 1050. The molecule has 2 aromatic rings. The third kappa shape index (κ3) is 3.90. The lowest BCUT2D eigenvalue weighted by atomic mass is 9.73. The van der Waals surface area contributed by atoms with Crippen LogP contribution >= 0.6 is 0 Å². The number of hydrogen-bond acceptors (Lipinski definition) is 6. The van der Waals surface area contributed by atoms with Crippen molar-refractivity contribution in [1.82, 2.24) is 5.32 Å². The Morgan fingerprint density at radius 1 is 0.781 bits per heavy atom. The van der Waals surface area contributed by atoms with Crippen LogP contribution in [0.3, 0.4) is 0 Å². The zero-order chi connectivity index (χ0) is 22.8. The van der Waals surface area contributed by atoms with Crippen molar-refractivity contribution in [2.24, 2.45) is 0 Å². The normalized spacial score (nSPS) is 20.4. The van der Waals surface area contributed by atoms with Gasteiger partial charge in [-0.05, 0) is 47.7 Å². The second-order valence-corrected chi connectivity index (χ2v) is 7.96. The molecule has 1 N–H and O–H groups in total. The van der Waals surface area contributed by atoms with Gasteiger partial charge >= 0.3 is 0 Å². The summed E-state index contributed by atoms with van der Waals surface area (Å²) in [6.45, 7) is 0. The molecule has 2 atom stereocenters. The van der Waals surface area contributed by atoms with Crippen LogP contribution in [0.1, 0.15) is 42.2 Å². The molecule has 1 heterocycles. The van der Waals surface area contributed by atoms with Crippen molar-refractivity contribution in [2.75, 3.05) is 28.4 Å². The lowest BCUT2D eigenvalue weighted by Crippen LogP contribution is -2.38. The zero-order valence-corrected chi connectivity index (χ0v) is 18.7. The minimum absolute atomic E-state index is 0.0471. The lowest BCUT2D eigenvalue weighted by Gasteiger charge is -2.34. The SMILES string of the molecule is COc1ccc(C2CC(=O)NC3=C2C(=O)CC(c2cc(OC)c(OC)c(OC)c2)C3)cc1. The van der Waals surface area contributed by atoms with Crippen LogP contribution in [0.25, 0.3) is 0 Å². The van der Waals surface area contributed by atoms with E-state index in [1.807, 2.05) is 36.4 Å². The van der Waals surface area contributed by atoms with Crippen LogP contribution in [-0.4, -0.2) is 40.1 Å². The van der Waals surface area contributed by atoms with Gasteiger partial charge in [0.25, 0.3) is 0 Å². The predicted octanol–water partition coefficient (Wildman–Crippen LogP) is 3.73. The highest BCUT2D eigenvalue weighted by Gasteiger charge is 2.38. The quantitative estimate of drug-likeness (QED) is 0.742. The van der Waals surface area contributed by atoms with Gasteiger partial charge in [-0.3, -0.25) is 9.59 Å². The fraction of sp³-hybridized carbons (Fsp3) is 0.360. The van der Waals surface area contributed by atoms with Crippen molar-refractivity contribution < 1.29 is 28.5 Å². The first-order chi connectivity index (χ1) is 15.5. The molecule has 0 spiro atoms. The number of Topliss-reactive ketones (excluding diaryl/α,β-unsaturated/α-hetero) is 1. The second-order valence-electron chi connectivity index (χ2n) is 7.96. The van der Waals surface area contributed by atoms with Crippen molar-refractivity contribution in [1.29, 1.82) is 0 Å². The van der Waals surface area contributed by atoms with Gasteiger partial charge in [-0.25, -0.2) is 0 Å². The van der Waals surface area contributed by atoms with Crippen LogP contribution in [0.5, 0.6) is 23.0 Å². The number of allylic oxidation sites excluding steroid dienone is 2. The summed E-state index contributed by atoms with van der Waals surface area (Å²) in [7, 11) is 6.29. The summed E-state index contributed by atoms with van der Waals surface area (Å²) in [5, 5.41) is 2.96. The number of benzene rings is 2. The summed E-state index contributed by atoms with van der Waals surface area (Å²) in [6, 6.07) is 11.3. The Kier molecular flexibility index (Phi) is 6.08. The molecule has 0 saturated heterocycles. The van der Waals surface area contributed by atoms with Crippen LogP contribution in [-0.2, 0) is 9.59 Å². The van der Waals surface area contributed by atoms with Gasteiger partial charge in [-0.15, -0.1) is 0 Å². The molecule has 168 valence electrons. The molecule has 0 bridgehead atoms. The van der Waals surface area contributed by atoms with E-state index in [0.717, 1.165) is 16.9 Å². The summed E-state index contributed by atoms with van der Waals surface area (Å²) < 4.78 is 21.6. The standard InChI is InChI=1S/C25H27NO6/c1-29-17-7-5-14(6-8-17)18-13-23(28)26-19-9-15(10-20(27)24(18)19)16-11-21(30-2)25(32-4)22(12-16)31-3/h5-8,11-12,15,18H,9-10,13H2,1-4H3,(H,26,28). The zero-order valence-electron chi connectivity index (χ0n) is 18.7. The first kappa shape index (κ1) is 21.7. The van der Waals surface area contributed by atoms with Crippen molar-refractivity contribution in [3.63, 3.8) is 0 Å². The number of amides is 1. The minimum Gasteiger partial charge on any atom is -0.497 e. The summed E-state index contributed by atoms with van der Waals surface area (Å²) in [5.41, 5.74) is 3.25. The van der Waals surface area contributed by atoms with Gasteiger partial charge in [0.1, 0.15) is 5.75 Å². The van der Waals surface area contributed by atoms with E-state index in [-0.39, 0.29) is 29.9 Å². The topological polar surface area (TPSA) is 83.1 Å². The molecule has 4 rings (SSSR count). The Labute approximate surface area is 187 Å². The second kappa shape index (κ2) is 8.94. The van der Waals surface area contributed by atoms with E-state index in [9.17, 15) is 9.59 Å². The third-order valence-corrected chi connectivity index (χ3v) is 6.21. The van der Waals surface area contributed by atoms with Gasteiger partial charge in [0.15, 0.2) is 17.3 Å². The number of nitrogens with one attached hydrogen (secondary N) is 1. The number of hydrogen-bond donors (Lipinski definition) is 1. The fourth-order valence-electron chi connectivity index (χ4n) is 4.65. The highest BCUT2D eigenvalue weighted by Crippen LogP contribution is 2.46. The first-order valence-electron chi connectivity index (χ1n) is 10.5. The molecule has 0 aromatic heterocycles. The number of ether oxygens (including phenoxy) is 4. The Morgan fingerprint density at radius 3 is 2.00 bits per heavy atom. The fourth-order valence-corrected chi connectivity index (χ4v) is 4.65. The molecule has 1 amide bonds. The largest absolute Gasteiger partial charge is 0.497 e. The van der Waals surface area contributed by atoms with Crippen LogP contribution in [0, 0.1) is 0 Å². The van der Waals surface area contributed by atoms with Gasteiger partial charge in [-0.2, -0.15) is 0 Å². The Balaban J connectivity index is 1.70. The molecule has 7 nitrogen and oxygen atoms in total. The van der Waals surface area contributed by atoms with Gasteiger partial charge < -0.3 is 24.3 Å². The molecule has 0 radical (unpaired) electrons. The van der Waals surface area contributed by atoms with Gasteiger partial charge in [0.2, 0.25) is 11.7 Å². The first-order valence-corrected chi connectivity index (χ1v) is 10.5. The van der Waals surface area contributed by atoms with Gasteiger partial charge in [-0.1, -0.05) is 12.1 Å². The van der Waals surface area contributed by atoms with Crippen LogP contribution < -0.4 is 24.3 Å². The number of rotatable bonds is 6. The molecular weight excluding hydrogens is 410 g/mol. The van der Waals surface area contributed by atoms with E-state index in [2.05, 4.69) is 5.32 Å². The molecule has 32 heavy (non-hydrogen) atoms. The maximum atomic E-state index is 13.3. The van der Waals surface area contributed by atoms with Crippen LogP contribution in [0.15, 0.2) is 47.7 Å². The molecule has 7 heteroatoms. The van der Waals surface area contributed by atoms with Crippen LogP contribution in [0.2, 0.25) is 0 Å². The number of carbonyl (C=O) groups is 2. The summed E-state index contributed by atoms with van der Waals surface area (Å²) >= 11 is 0. The van der Waals surface area contributed by atoms with E-state index in [1.165, 1.54) is 0 Å². The Morgan fingerprint density at radius 2 is 1.44 bits per heavy atom. The summed E-state index contributed by atoms with van der Waals surface area (Å²) in [4.78, 5) is 25.9. The smallest absolute Gasteiger partial charge is 0.225 e. The van der Waals surface area contributed by atoms with Crippen molar-refractivity contribution in [3.8, 4) is 23.0 Å². The van der Waals surface area contributed by atoms with E-state index >= 15 is 0 Å². The van der Waals surface area contributed by atoms with E-state index in [0.29, 0.717) is 41.4 Å². The maximum absolute atomic E-state index is 13.3. The highest BCUT2D eigenvalue weighted by atomic mass is 16.5. The molecule has 2 unspecified atom stereocenters. The molecule has 1 aliphatic carbocycles. The monoisotopic (exact) mass is 437 g/mol. The summed E-state index contributed by atoms with van der Waals surface area (Å²) in [5.74, 6) is 1.93.